The fraction of sp³-hybridized carbons (Fsp3) is 0.286. The SMILES string of the molecule is CC(C)Oc1cc(C#N)ccc1C1=N[C@@H](c2ccc(Cl)cc2)[C@@H](c2ccoc2)N1C(=O)N1CCNC(=O)C1. The Morgan fingerprint density at radius 3 is 2.66 bits per heavy atom. The molecule has 2 aliphatic rings. The van der Waals surface area contributed by atoms with Crippen molar-refractivity contribution in [2.24, 2.45) is 4.99 Å². The molecule has 1 N–H and O–H groups in total. The number of nitrogens with one attached hydrogen (secondary N) is 1. The molecule has 0 unspecified atom stereocenters. The van der Waals surface area contributed by atoms with E-state index >= 15 is 0 Å². The van der Waals surface area contributed by atoms with E-state index in [1.807, 2.05) is 26.0 Å². The summed E-state index contributed by atoms with van der Waals surface area (Å²) in [5.41, 5.74) is 2.59. The molecule has 0 radical (unpaired) electrons. The summed E-state index contributed by atoms with van der Waals surface area (Å²) < 4.78 is 11.5. The number of piperazine rings is 1. The zero-order valence-electron chi connectivity index (χ0n) is 20.9. The predicted octanol–water partition coefficient (Wildman–Crippen LogP) is 4.69. The van der Waals surface area contributed by atoms with Crippen molar-refractivity contribution in [3.63, 3.8) is 0 Å². The molecule has 38 heavy (non-hydrogen) atoms. The summed E-state index contributed by atoms with van der Waals surface area (Å²) in [5, 5.41) is 12.9. The van der Waals surface area contributed by atoms with Crippen LogP contribution in [0, 0.1) is 11.3 Å². The fourth-order valence-electron chi connectivity index (χ4n) is 4.72. The van der Waals surface area contributed by atoms with Crippen molar-refractivity contribution < 1.29 is 18.7 Å². The van der Waals surface area contributed by atoms with E-state index < -0.39 is 12.1 Å². The molecule has 1 fully saturated rings. The molecule has 0 spiro atoms. The van der Waals surface area contributed by atoms with Gasteiger partial charge in [-0.2, -0.15) is 5.26 Å². The van der Waals surface area contributed by atoms with Crippen LogP contribution in [0.25, 0.3) is 0 Å². The summed E-state index contributed by atoms with van der Waals surface area (Å²) in [6.07, 6.45) is 2.97. The highest BCUT2D eigenvalue weighted by Crippen LogP contribution is 2.45. The molecule has 0 saturated carbocycles. The number of hydrogen-bond acceptors (Lipinski definition) is 6. The average molecular weight is 532 g/mol. The van der Waals surface area contributed by atoms with E-state index in [9.17, 15) is 14.9 Å². The Balaban J connectivity index is 1.69. The van der Waals surface area contributed by atoms with Gasteiger partial charge in [0.25, 0.3) is 0 Å². The van der Waals surface area contributed by atoms with Crippen molar-refractivity contribution in [3.8, 4) is 11.8 Å². The lowest BCUT2D eigenvalue weighted by Crippen LogP contribution is -2.55. The fourth-order valence-corrected chi connectivity index (χ4v) is 4.85. The molecule has 3 heterocycles. The van der Waals surface area contributed by atoms with Crippen LogP contribution in [0.3, 0.4) is 0 Å². The van der Waals surface area contributed by atoms with E-state index in [0.717, 1.165) is 11.1 Å². The minimum Gasteiger partial charge on any atom is -0.490 e. The monoisotopic (exact) mass is 531 g/mol. The topological polar surface area (TPSA) is 111 Å². The van der Waals surface area contributed by atoms with Gasteiger partial charge in [-0.25, -0.2) is 4.79 Å². The normalized spacial score (nSPS) is 19.2. The first kappa shape index (κ1) is 25.4. The van der Waals surface area contributed by atoms with Gasteiger partial charge in [-0.1, -0.05) is 23.7 Å². The summed E-state index contributed by atoms with van der Waals surface area (Å²) in [6.45, 7) is 4.44. The van der Waals surface area contributed by atoms with Gasteiger partial charge in [-0.3, -0.25) is 14.7 Å². The molecule has 0 aliphatic carbocycles. The summed E-state index contributed by atoms with van der Waals surface area (Å²) >= 11 is 6.17. The number of nitriles is 1. The molecule has 3 aromatic rings. The molecule has 194 valence electrons. The van der Waals surface area contributed by atoms with Crippen LogP contribution in [0.5, 0.6) is 5.75 Å². The Labute approximate surface area is 225 Å². The van der Waals surface area contributed by atoms with Crippen molar-refractivity contribution in [3.05, 3.63) is 88.3 Å². The molecule has 2 aromatic carbocycles. The molecule has 2 aliphatic heterocycles. The second-order valence-corrected chi connectivity index (χ2v) is 9.80. The lowest BCUT2D eigenvalue weighted by Gasteiger charge is -2.35. The van der Waals surface area contributed by atoms with Gasteiger partial charge in [-0.05, 0) is 55.8 Å². The smallest absolute Gasteiger partial charge is 0.326 e. The van der Waals surface area contributed by atoms with E-state index in [0.29, 0.717) is 40.8 Å². The number of furan rings is 1. The maximum absolute atomic E-state index is 14.2. The van der Waals surface area contributed by atoms with Crippen molar-refractivity contribution in [1.29, 1.82) is 5.26 Å². The highest BCUT2D eigenvalue weighted by molar-refractivity contribution is 6.30. The van der Waals surface area contributed by atoms with Crippen LogP contribution in [-0.2, 0) is 4.79 Å². The van der Waals surface area contributed by atoms with E-state index in [2.05, 4.69) is 11.4 Å². The number of carbonyl (C=O) groups excluding carboxylic acids is 2. The number of rotatable bonds is 5. The second kappa shape index (κ2) is 10.6. The number of halogens is 1. The third-order valence-electron chi connectivity index (χ3n) is 6.39. The number of aliphatic imine (C=N–C) groups is 1. The molecule has 3 amide bonds. The molecule has 10 heteroatoms. The van der Waals surface area contributed by atoms with Crippen LogP contribution in [-0.4, -0.2) is 53.3 Å². The summed E-state index contributed by atoms with van der Waals surface area (Å²) in [4.78, 5) is 34.6. The van der Waals surface area contributed by atoms with Gasteiger partial charge in [0.15, 0.2) is 0 Å². The first-order valence-corrected chi connectivity index (χ1v) is 12.6. The third kappa shape index (κ3) is 4.95. The van der Waals surface area contributed by atoms with Crippen molar-refractivity contribution in [1.82, 2.24) is 15.1 Å². The van der Waals surface area contributed by atoms with Gasteiger partial charge < -0.3 is 19.4 Å². The highest BCUT2D eigenvalue weighted by Gasteiger charge is 2.45. The second-order valence-electron chi connectivity index (χ2n) is 9.36. The van der Waals surface area contributed by atoms with E-state index in [4.69, 9.17) is 25.7 Å². The Hall–Kier alpha value is -4.29. The van der Waals surface area contributed by atoms with Gasteiger partial charge in [-0.15, -0.1) is 0 Å². The number of nitrogens with zero attached hydrogens (tertiary/aromatic N) is 4. The molecule has 9 nitrogen and oxygen atoms in total. The number of amidine groups is 1. The van der Waals surface area contributed by atoms with Crippen LogP contribution < -0.4 is 10.1 Å². The largest absolute Gasteiger partial charge is 0.490 e. The number of urea groups is 1. The standard InChI is InChI=1S/C28H26ClN5O4/c1-17(2)38-23-13-18(14-30)3-8-22(23)27-32-25(19-4-6-21(29)7-5-19)26(20-9-12-37-16-20)34(27)28(36)33-11-10-31-24(35)15-33/h3-9,12-13,16-17,25-26H,10-11,15H2,1-2H3,(H,31,35)/t25-,26+/m0/s1. The summed E-state index contributed by atoms with van der Waals surface area (Å²) in [5.74, 6) is 0.598. The van der Waals surface area contributed by atoms with Crippen LogP contribution in [0.1, 0.15) is 48.2 Å². The van der Waals surface area contributed by atoms with Crippen molar-refractivity contribution in [2.75, 3.05) is 19.6 Å². The summed E-state index contributed by atoms with van der Waals surface area (Å²) in [6, 6.07) is 14.9. The lowest BCUT2D eigenvalue weighted by molar-refractivity contribution is -0.123. The van der Waals surface area contributed by atoms with Crippen LogP contribution in [0.15, 0.2) is 70.5 Å². The molecule has 2 atom stereocenters. The van der Waals surface area contributed by atoms with Gasteiger partial charge in [0, 0.05) is 23.7 Å². The molecular weight excluding hydrogens is 506 g/mol. The van der Waals surface area contributed by atoms with Crippen molar-refractivity contribution >= 4 is 29.4 Å². The van der Waals surface area contributed by atoms with Gasteiger partial charge in [0.1, 0.15) is 24.2 Å². The Bertz CT molecular complexity index is 1410. The Morgan fingerprint density at radius 1 is 1.21 bits per heavy atom. The summed E-state index contributed by atoms with van der Waals surface area (Å²) in [7, 11) is 0. The van der Waals surface area contributed by atoms with Gasteiger partial charge >= 0.3 is 6.03 Å². The Kier molecular flexibility index (Phi) is 7.07. The van der Waals surface area contributed by atoms with Gasteiger partial charge in [0.05, 0.1) is 41.9 Å². The minimum absolute atomic E-state index is 0.0605. The van der Waals surface area contributed by atoms with E-state index in [1.165, 1.54) is 4.90 Å². The Morgan fingerprint density at radius 2 is 2.00 bits per heavy atom. The van der Waals surface area contributed by atoms with E-state index in [-0.39, 0.29) is 24.6 Å². The number of carbonyl (C=O) groups is 2. The van der Waals surface area contributed by atoms with Crippen LogP contribution in [0.4, 0.5) is 4.79 Å². The van der Waals surface area contributed by atoms with Gasteiger partial charge in [0.2, 0.25) is 5.91 Å². The highest BCUT2D eigenvalue weighted by atomic mass is 35.5. The van der Waals surface area contributed by atoms with Crippen molar-refractivity contribution in [2.45, 2.75) is 32.0 Å². The molecular formula is C28H26ClN5O4. The first-order chi connectivity index (χ1) is 18.4. The quantitative estimate of drug-likeness (QED) is 0.513. The van der Waals surface area contributed by atoms with Crippen LogP contribution in [0.2, 0.25) is 5.02 Å². The maximum Gasteiger partial charge on any atom is 0.326 e. The molecule has 5 rings (SSSR count). The number of ether oxygens (including phenoxy) is 1. The molecule has 1 saturated heterocycles. The number of hydrogen-bond donors (Lipinski definition) is 1. The molecule has 1 aromatic heterocycles. The third-order valence-corrected chi connectivity index (χ3v) is 6.64. The average Bonchev–Trinajstić information content (AvgIpc) is 3.56. The maximum atomic E-state index is 14.2. The zero-order chi connectivity index (χ0) is 26.8. The molecule has 0 bridgehead atoms. The van der Waals surface area contributed by atoms with Crippen LogP contribution >= 0.6 is 11.6 Å². The minimum atomic E-state index is -0.565. The number of benzene rings is 2. The van der Waals surface area contributed by atoms with E-state index in [1.54, 1.807) is 53.8 Å². The first-order valence-electron chi connectivity index (χ1n) is 12.3. The zero-order valence-corrected chi connectivity index (χ0v) is 21.7. The number of amides is 3. The predicted molar refractivity (Wildman–Crippen MR) is 141 cm³/mol. The lowest BCUT2D eigenvalue weighted by atomic mass is 9.95.